The molecule has 130 valence electrons. The number of nitro benzene ring substituents is 1. The summed E-state index contributed by atoms with van der Waals surface area (Å²) in [6.07, 6.45) is 1.65. The summed E-state index contributed by atoms with van der Waals surface area (Å²) in [5, 5.41) is 20.8. The van der Waals surface area contributed by atoms with Gasteiger partial charge < -0.3 is 9.15 Å². The average Bonchev–Trinajstić information content (AvgIpc) is 2.61. The maximum atomic E-state index is 11.7. The van der Waals surface area contributed by atoms with Gasteiger partial charge >= 0.3 is 5.63 Å². The van der Waals surface area contributed by atoms with E-state index in [2.05, 4.69) is 0 Å². The van der Waals surface area contributed by atoms with Gasteiger partial charge in [0.1, 0.15) is 28.7 Å². The Balaban J connectivity index is 2.01. The smallest absolute Gasteiger partial charge is 0.336 e. The molecule has 3 aromatic rings. The van der Waals surface area contributed by atoms with Crippen molar-refractivity contribution in [3.8, 4) is 17.6 Å². The van der Waals surface area contributed by atoms with Gasteiger partial charge in [-0.05, 0) is 30.2 Å². The van der Waals surface area contributed by atoms with E-state index in [4.69, 9.17) is 9.15 Å². The predicted molar refractivity (Wildman–Crippen MR) is 94.4 cm³/mol. The summed E-state index contributed by atoms with van der Waals surface area (Å²) in [7, 11) is 0. The van der Waals surface area contributed by atoms with Crippen molar-refractivity contribution in [3.05, 3.63) is 74.1 Å². The maximum absolute atomic E-state index is 11.7. The SMILES string of the molecule is CCCc1cc(=O)oc2cc(Oc3ccc([N+](=O)[O-])cc3C#N)ccc12. The Morgan fingerprint density at radius 1 is 1.23 bits per heavy atom. The summed E-state index contributed by atoms with van der Waals surface area (Å²) < 4.78 is 10.9. The van der Waals surface area contributed by atoms with Crippen molar-refractivity contribution < 1.29 is 14.1 Å². The first-order valence-electron chi connectivity index (χ1n) is 7.95. The molecule has 7 nitrogen and oxygen atoms in total. The Bertz CT molecular complexity index is 1100. The average molecular weight is 350 g/mol. The first-order valence-corrected chi connectivity index (χ1v) is 7.95. The Hall–Kier alpha value is -3.66. The number of hydrogen-bond acceptors (Lipinski definition) is 6. The number of benzene rings is 2. The minimum atomic E-state index is -0.579. The van der Waals surface area contributed by atoms with Gasteiger partial charge in [0.05, 0.1) is 4.92 Å². The van der Waals surface area contributed by atoms with Crippen molar-refractivity contribution in [1.29, 1.82) is 5.26 Å². The van der Waals surface area contributed by atoms with E-state index < -0.39 is 10.5 Å². The van der Waals surface area contributed by atoms with Gasteiger partial charge in [-0.15, -0.1) is 0 Å². The van der Waals surface area contributed by atoms with Gasteiger partial charge in [0, 0.05) is 29.7 Å². The standard InChI is InChI=1S/C19H14N2O5/c1-2-3-12-9-19(22)26-18-10-15(5-6-16(12)18)25-17-7-4-14(21(23)24)8-13(17)11-20/h4-10H,2-3H2,1H3. The van der Waals surface area contributed by atoms with Crippen molar-refractivity contribution in [3.63, 3.8) is 0 Å². The van der Waals surface area contributed by atoms with E-state index in [0.29, 0.717) is 11.3 Å². The zero-order valence-corrected chi connectivity index (χ0v) is 13.9. The highest BCUT2D eigenvalue weighted by atomic mass is 16.6. The van der Waals surface area contributed by atoms with Gasteiger partial charge in [-0.3, -0.25) is 10.1 Å². The molecule has 0 saturated carbocycles. The molecule has 0 aliphatic carbocycles. The van der Waals surface area contributed by atoms with Crippen LogP contribution in [0.15, 0.2) is 51.7 Å². The van der Waals surface area contributed by atoms with Crippen LogP contribution < -0.4 is 10.4 Å². The fraction of sp³-hybridized carbons (Fsp3) is 0.158. The van der Waals surface area contributed by atoms with Gasteiger partial charge in [-0.2, -0.15) is 5.26 Å². The van der Waals surface area contributed by atoms with E-state index in [1.807, 2.05) is 13.0 Å². The molecule has 2 aromatic carbocycles. The number of aryl methyl sites for hydroxylation is 1. The molecule has 0 aliphatic heterocycles. The predicted octanol–water partition coefficient (Wildman–Crippen LogP) is 4.32. The van der Waals surface area contributed by atoms with Gasteiger partial charge in [0.25, 0.3) is 5.69 Å². The van der Waals surface area contributed by atoms with Crippen LogP contribution in [0.25, 0.3) is 11.0 Å². The minimum Gasteiger partial charge on any atom is -0.456 e. The van der Waals surface area contributed by atoms with E-state index in [1.54, 1.807) is 18.2 Å². The number of hydrogen-bond donors (Lipinski definition) is 0. The van der Waals surface area contributed by atoms with E-state index in [1.165, 1.54) is 18.2 Å². The Labute approximate surface area is 148 Å². The molecule has 0 unspecified atom stereocenters. The normalized spacial score (nSPS) is 10.5. The van der Waals surface area contributed by atoms with Crippen molar-refractivity contribution in [2.75, 3.05) is 0 Å². The first-order chi connectivity index (χ1) is 12.5. The van der Waals surface area contributed by atoms with Crippen molar-refractivity contribution in [2.24, 2.45) is 0 Å². The van der Waals surface area contributed by atoms with Crippen LogP contribution in [0, 0.1) is 21.4 Å². The highest BCUT2D eigenvalue weighted by Crippen LogP contribution is 2.30. The summed E-state index contributed by atoms with van der Waals surface area (Å²) in [5.74, 6) is 0.546. The number of non-ortho nitro benzene ring substituents is 1. The fourth-order valence-corrected chi connectivity index (χ4v) is 2.68. The first kappa shape index (κ1) is 17.2. The summed E-state index contributed by atoms with van der Waals surface area (Å²) in [6, 6.07) is 12.2. The van der Waals surface area contributed by atoms with Crippen LogP contribution >= 0.6 is 0 Å². The molecule has 0 spiro atoms. The quantitative estimate of drug-likeness (QED) is 0.385. The molecule has 26 heavy (non-hydrogen) atoms. The molecule has 0 saturated heterocycles. The molecule has 1 heterocycles. The topological polar surface area (TPSA) is 106 Å². The van der Waals surface area contributed by atoms with Gasteiger partial charge in [0.2, 0.25) is 0 Å². The minimum absolute atomic E-state index is 0.0421. The monoisotopic (exact) mass is 350 g/mol. The van der Waals surface area contributed by atoms with Crippen LogP contribution in [-0.2, 0) is 6.42 Å². The van der Waals surface area contributed by atoms with Crippen LogP contribution in [0.3, 0.4) is 0 Å². The lowest BCUT2D eigenvalue weighted by molar-refractivity contribution is -0.384. The Morgan fingerprint density at radius 3 is 2.73 bits per heavy atom. The molecule has 0 amide bonds. The van der Waals surface area contributed by atoms with E-state index in [0.717, 1.165) is 29.9 Å². The number of nitrogens with zero attached hydrogens (tertiary/aromatic N) is 2. The van der Waals surface area contributed by atoms with Crippen molar-refractivity contribution in [2.45, 2.75) is 19.8 Å². The van der Waals surface area contributed by atoms with E-state index in [9.17, 15) is 20.2 Å². The summed E-state index contributed by atoms with van der Waals surface area (Å²) in [5.41, 5.74) is 0.700. The van der Waals surface area contributed by atoms with Gasteiger partial charge in [-0.25, -0.2) is 4.79 Å². The van der Waals surface area contributed by atoms with Crippen LogP contribution in [0.2, 0.25) is 0 Å². The second-order valence-corrected chi connectivity index (χ2v) is 5.65. The van der Waals surface area contributed by atoms with Crippen LogP contribution in [0.1, 0.15) is 24.5 Å². The lowest BCUT2D eigenvalue weighted by Gasteiger charge is -2.09. The fourth-order valence-electron chi connectivity index (χ4n) is 2.68. The molecule has 7 heteroatoms. The Kier molecular flexibility index (Phi) is 4.67. The molecule has 0 N–H and O–H groups in total. The van der Waals surface area contributed by atoms with Crippen LogP contribution in [0.5, 0.6) is 11.5 Å². The lowest BCUT2D eigenvalue weighted by atomic mass is 10.1. The zero-order valence-electron chi connectivity index (χ0n) is 13.9. The lowest BCUT2D eigenvalue weighted by Crippen LogP contribution is -2.00. The second kappa shape index (κ2) is 7.07. The van der Waals surface area contributed by atoms with Gasteiger partial charge in [0.15, 0.2) is 0 Å². The molecule has 0 fully saturated rings. The molecule has 0 atom stereocenters. The second-order valence-electron chi connectivity index (χ2n) is 5.65. The summed E-state index contributed by atoms with van der Waals surface area (Å²) in [4.78, 5) is 22.0. The maximum Gasteiger partial charge on any atom is 0.336 e. The molecular formula is C19H14N2O5. The molecule has 0 aliphatic rings. The van der Waals surface area contributed by atoms with E-state index >= 15 is 0 Å². The van der Waals surface area contributed by atoms with Gasteiger partial charge in [-0.1, -0.05) is 13.3 Å². The summed E-state index contributed by atoms with van der Waals surface area (Å²) >= 11 is 0. The third-order valence-corrected chi connectivity index (χ3v) is 3.84. The third-order valence-electron chi connectivity index (χ3n) is 3.84. The van der Waals surface area contributed by atoms with E-state index in [-0.39, 0.29) is 17.0 Å². The third kappa shape index (κ3) is 3.39. The molecular weight excluding hydrogens is 336 g/mol. The summed E-state index contributed by atoms with van der Waals surface area (Å²) in [6.45, 7) is 2.02. The highest BCUT2D eigenvalue weighted by Gasteiger charge is 2.13. The number of ether oxygens (including phenoxy) is 1. The van der Waals surface area contributed by atoms with Crippen LogP contribution in [-0.4, -0.2) is 4.92 Å². The van der Waals surface area contributed by atoms with Crippen molar-refractivity contribution in [1.82, 2.24) is 0 Å². The van der Waals surface area contributed by atoms with Crippen LogP contribution in [0.4, 0.5) is 5.69 Å². The zero-order chi connectivity index (χ0) is 18.7. The van der Waals surface area contributed by atoms with Crippen molar-refractivity contribution >= 4 is 16.7 Å². The molecule has 3 rings (SSSR count). The number of rotatable bonds is 5. The number of nitriles is 1. The number of fused-ring (bicyclic) bond motifs is 1. The largest absolute Gasteiger partial charge is 0.456 e. The molecule has 0 bridgehead atoms. The molecule has 0 radical (unpaired) electrons. The Morgan fingerprint density at radius 2 is 2.04 bits per heavy atom. The molecule has 1 aromatic heterocycles. The highest BCUT2D eigenvalue weighted by molar-refractivity contribution is 5.81. The number of nitro groups is 1.